The average Bonchev–Trinajstić information content (AvgIpc) is 2.46. The molecule has 0 aromatic heterocycles. The van der Waals surface area contributed by atoms with Crippen LogP contribution >= 0.6 is 0 Å². The Hall–Kier alpha value is -0.810. The minimum absolute atomic E-state index is 0.0523. The number of rotatable bonds is 4. The molecule has 2 rings (SSSR count). The zero-order valence-electron chi connectivity index (χ0n) is 14.7. The standard InChI is InChI=1S/C17H33N3O2/c1-13(2)19-8-10-20(11-9-19)16-7-5-6-15(12-16)18-17(21)22-14(3)4/h13-16H,5-12H2,1-4H3,(H,18,21)/t15?,16-/m0/s1. The summed E-state index contributed by atoms with van der Waals surface area (Å²) in [4.78, 5) is 16.9. The number of ether oxygens (including phenoxy) is 1. The second kappa shape index (κ2) is 8.16. The molecule has 2 atom stereocenters. The Balaban J connectivity index is 1.77. The number of carbonyl (C=O) groups excluding carboxylic acids is 1. The van der Waals surface area contributed by atoms with Crippen molar-refractivity contribution in [2.45, 2.75) is 77.6 Å². The van der Waals surface area contributed by atoms with Gasteiger partial charge in [-0.1, -0.05) is 0 Å². The monoisotopic (exact) mass is 311 g/mol. The SMILES string of the molecule is CC(C)OC(=O)NC1CCC[C@H](N2CCN(C(C)C)CC2)C1. The van der Waals surface area contributed by atoms with Crippen LogP contribution in [0.4, 0.5) is 4.79 Å². The van der Waals surface area contributed by atoms with Gasteiger partial charge in [0.05, 0.1) is 6.10 Å². The molecule has 1 N–H and O–H groups in total. The van der Waals surface area contributed by atoms with Gasteiger partial charge in [0, 0.05) is 44.3 Å². The molecule has 0 aromatic carbocycles. The molecule has 22 heavy (non-hydrogen) atoms. The molecular weight excluding hydrogens is 278 g/mol. The molecule has 1 amide bonds. The minimum atomic E-state index is -0.259. The molecule has 0 aromatic rings. The Bertz CT molecular complexity index is 352. The van der Waals surface area contributed by atoms with Crippen molar-refractivity contribution < 1.29 is 9.53 Å². The lowest BCUT2D eigenvalue weighted by atomic mass is 9.89. The van der Waals surface area contributed by atoms with E-state index in [1.807, 2.05) is 13.8 Å². The molecule has 2 aliphatic rings. The first-order valence-electron chi connectivity index (χ1n) is 8.91. The third kappa shape index (κ3) is 5.13. The molecule has 0 bridgehead atoms. The van der Waals surface area contributed by atoms with Crippen LogP contribution in [-0.4, -0.2) is 66.3 Å². The molecule has 1 unspecified atom stereocenters. The van der Waals surface area contributed by atoms with E-state index in [1.165, 1.54) is 25.9 Å². The first-order valence-corrected chi connectivity index (χ1v) is 8.91. The molecule has 0 radical (unpaired) electrons. The van der Waals surface area contributed by atoms with Gasteiger partial charge < -0.3 is 10.1 Å². The van der Waals surface area contributed by atoms with Crippen molar-refractivity contribution in [3.8, 4) is 0 Å². The Morgan fingerprint density at radius 1 is 1.09 bits per heavy atom. The summed E-state index contributed by atoms with van der Waals surface area (Å²) in [6.45, 7) is 13.0. The van der Waals surface area contributed by atoms with Gasteiger partial charge >= 0.3 is 6.09 Å². The van der Waals surface area contributed by atoms with E-state index in [1.54, 1.807) is 0 Å². The maximum atomic E-state index is 11.8. The van der Waals surface area contributed by atoms with Crippen LogP contribution in [0.3, 0.4) is 0 Å². The molecule has 5 nitrogen and oxygen atoms in total. The third-order valence-corrected chi connectivity index (χ3v) is 4.91. The Labute approximate surface area is 135 Å². The lowest BCUT2D eigenvalue weighted by molar-refractivity contribution is 0.0562. The predicted molar refractivity (Wildman–Crippen MR) is 89.1 cm³/mol. The second-order valence-electron chi connectivity index (χ2n) is 7.28. The topological polar surface area (TPSA) is 44.8 Å². The molecule has 128 valence electrons. The lowest BCUT2D eigenvalue weighted by Crippen LogP contribution is -2.54. The van der Waals surface area contributed by atoms with Crippen molar-refractivity contribution in [1.82, 2.24) is 15.1 Å². The number of carbonyl (C=O) groups is 1. The quantitative estimate of drug-likeness (QED) is 0.866. The summed E-state index contributed by atoms with van der Waals surface area (Å²) in [5.74, 6) is 0. The van der Waals surface area contributed by atoms with Gasteiger partial charge in [-0.2, -0.15) is 0 Å². The van der Waals surface area contributed by atoms with Gasteiger partial charge in [0.25, 0.3) is 0 Å². The largest absolute Gasteiger partial charge is 0.447 e. The predicted octanol–water partition coefficient (Wildman–Crippen LogP) is 2.46. The normalized spacial score (nSPS) is 28.1. The number of amides is 1. The summed E-state index contributed by atoms with van der Waals surface area (Å²) in [5.41, 5.74) is 0. The summed E-state index contributed by atoms with van der Waals surface area (Å²) < 4.78 is 5.20. The summed E-state index contributed by atoms with van der Waals surface area (Å²) in [6.07, 6.45) is 4.29. The second-order valence-corrected chi connectivity index (χ2v) is 7.28. The highest BCUT2D eigenvalue weighted by Gasteiger charge is 2.30. The molecule has 5 heteroatoms. The fourth-order valence-electron chi connectivity index (χ4n) is 3.66. The fourth-order valence-corrected chi connectivity index (χ4v) is 3.66. The smallest absolute Gasteiger partial charge is 0.407 e. The molecule has 2 fully saturated rings. The zero-order valence-corrected chi connectivity index (χ0v) is 14.7. The van der Waals surface area contributed by atoms with Gasteiger partial charge in [-0.05, 0) is 53.4 Å². The first-order chi connectivity index (χ1) is 10.5. The van der Waals surface area contributed by atoms with Crippen molar-refractivity contribution in [3.63, 3.8) is 0 Å². The number of hydrogen-bond donors (Lipinski definition) is 1. The number of nitrogens with one attached hydrogen (secondary N) is 1. The van der Waals surface area contributed by atoms with Gasteiger partial charge in [-0.3, -0.25) is 9.80 Å². The lowest BCUT2D eigenvalue weighted by Gasteiger charge is -2.43. The van der Waals surface area contributed by atoms with Gasteiger partial charge in [-0.25, -0.2) is 4.79 Å². The Morgan fingerprint density at radius 2 is 1.77 bits per heavy atom. The summed E-state index contributed by atoms with van der Waals surface area (Å²) in [5, 5.41) is 3.05. The molecule has 1 saturated carbocycles. The van der Waals surface area contributed by atoms with E-state index in [-0.39, 0.29) is 18.2 Å². The van der Waals surface area contributed by atoms with E-state index in [0.29, 0.717) is 12.1 Å². The molecule has 1 aliphatic carbocycles. The van der Waals surface area contributed by atoms with Crippen LogP contribution in [0.1, 0.15) is 53.4 Å². The third-order valence-electron chi connectivity index (χ3n) is 4.91. The number of piperazine rings is 1. The van der Waals surface area contributed by atoms with Crippen LogP contribution in [0.25, 0.3) is 0 Å². The summed E-state index contributed by atoms with van der Waals surface area (Å²) in [7, 11) is 0. The summed E-state index contributed by atoms with van der Waals surface area (Å²) >= 11 is 0. The number of hydrogen-bond acceptors (Lipinski definition) is 4. The molecule has 1 saturated heterocycles. The van der Waals surface area contributed by atoms with Gasteiger partial charge in [0.2, 0.25) is 0 Å². The van der Waals surface area contributed by atoms with Crippen molar-refractivity contribution in [2.24, 2.45) is 0 Å². The van der Waals surface area contributed by atoms with Gasteiger partial charge in [0.15, 0.2) is 0 Å². The Kier molecular flexibility index (Phi) is 6.50. The van der Waals surface area contributed by atoms with Crippen LogP contribution in [0.15, 0.2) is 0 Å². The van der Waals surface area contributed by atoms with Crippen molar-refractivity contribution >= 4 is 6.09 Å². The first kappa shape index (κ1) is 17.5. The van der Waals surface area contributed by atoms with Crippen LogP contribution in [0, 0.1) is 0 Å². The maximum absolute atomic E-state index is 11.8. The molecule has 1 aliphatic heterocycles. The van der Waals surface area contributed by atoms with E-state index in [9.17, 15) is 4.79 Å². The molecular formula is C17H33N3O2. The van der Waals surface area contributed by atoms with Gasteiger partial charge in [0.1, 0.15) is 0 Å². The highest BCUT2D eigenvalue weighted by atomic mass is 16.6. The van der Waals surface area contributed by atoms with Crippen LogP contribution in [0.2, 0.25) is 0 Å². The van der Waals surface area contributed by atoms with E-state index >= 15 is 0 Å². The highest BCUT2D eigenvalue weighted by molar-refractivity contribution is 5.67. The van der Waals surface area contributed by atoms with Gasteiger partial charge in [-0.15, -0.1) is 0 Å². The van der Waals surface area contributed by atoms with Crippen molar-refractivity contribution in [1.29, 1.82) is 0 Å². The maximum Gasteiger partial charge on any atom is 0.407 e. The fraction of sp³-hybridized carbons (Fsp3) is 0.941. The molecule has 0 spiro atoms. The van der Waals surface area contributed by atoms with E-state index in [0.717, 1.165) is 25.9 Å². The minimum Gasteiger partial charge on any atom is -0.447 e. The van der Waals surface area contributed by atoms with Crippen LogP contribution < -0.4 is 5.32 Å². The number of alkyl carbamates (subject to hydrolysis) is 1. The van der Waals surface area contributed by atoms with E-state index in [2.05, 4.69) is 29.0 Å². The average molecular weight is 311 g/mol. The van der Waals surface area contributed by atoms with Crippen LogP contribution in [0.5, 0.6) is 0 Å². The van der Waals surface area contributed by atoms with Crippen molar-refractivity contribution in [3.05, 3.63) is 0 Å². The summed E-state index contributed by atoms with van der Waals surface area (Å²) in [6, 6.07) is 1.54. The van der Waals surface area contributed by atoms with Crippen molar-refractivity contribution in [2.75, 3.05) is 26.2 Å². The van der Waals surface area contributed by atoms with E-state index < -0.39 is 0 Å². The zero-order chi connectivity index (χ0) is 16.1. The van der Waals surface area contributed by atoms with E-state index in [4.69, 9.17) is 4.74 Å². The highest BCUT2D eigenvalue weighted by Crippen LogP contribution is 2.24. The van der Waals surface area contributed by atoms with Crippen LogP contribution in [-0.2, 0) is 4.74 Å². The Morgan fingerprint density at radius 3 is 2.36 bits per heavy atom. The number of nitrogens with zero attached hydrogens (tertiary/aromatic N) is 2. The molecule has 1 heterocycles.